The van der Waals surface area contributed by atoms with Crippen LogP contribution in [0.25, 0.3) is 0 Å². The summed E-state index contributed by atoms with van der Waals surface area (Å²) in [6, 6.07) is 4.17. The monoisotopic (exact) mass is 316 g/mol. The zero-order valence-electron chi connectivity index (χ0n) is 13.5. The van der Waals surface area contributed by atoms with Gasteiger partial charge in [-0.3, -0.25) is 4.68 Å². The Bertz CT molecular complexity index is 582. The number of nitrogens with zero attached hydrogens (tertiary/aromatic N) is 4. The molecule has 0 amide bonds. The lowest BCUT2D eigenvalue weighted by molar-refractivity contribution is 0.0875. The number of anilines is 2. The van der Waals surface area contributed by atoms with E-state index in [4.69, 9.17) is 4.74 Å². The van der Waals surface area contributed by atoms with E-state index >= 15 is 0 Å². The van der Waals surface area contributed by atoms with Crippen LogP contribution in [0.2, 0.25) is 0 Å². The standard InChI is InChI=1S/C16H24N6O/c1-13(11-22-8-3-6-19-22)10-18-16-17-7-5-15(21-16)20-14-4-2-9-23-12-14/h3,5-8,13-14H,2,4,9-12H2,1H3,(H2,17,18,20,21)/t13-,14+/m1/s1. The minimum absolute atomic E-state index is 0.338. The maximum Gasteiger partial charge on any atom is 0.224 e. The van der Waals surface area contributed by atoms with Crippen LogP contribution in [0.4, 0.5) is 11.8 Å². The van der Waals surface area contributed by atoms with Crippen LogP contribution in [-0.2, 0) is 11.3 Å². The van der Waals surface area contributed by atoms with Crippen LogP contribution in [0.15, 0.2) is 30.7 Å². The van der Waals surface area contributed by atoms with Crippen molar-refractivity contribution in [2.24, 2.45) is 5.92 Å². The summed E-state index contributed by atoms with van der Waals surface area (Å²) in [6.45, 7) is 5.46. The molecule has 2 N–H and O–H groups in total. The predicted molar refractivity (Wildman–Crippen MR) is 89.4 cm³/mol. The SMILES string of the molecule is C[C@H](CNc1nccc(N[C@H]2CCCOC2)n1)Cn1cccn1. The minimum atomic E-state index is 0.338. The molecular weight excluding hydrogens is 292 g/mol. The van der Waals surface area contributed by atoms with E-state index in [1.54, 1.807) is 12.4 Å². The maximum absolute atomic E-state index is 5.48. The topological polar surface area (TPSA) is 76.9 Å². The second kappa shape index (κ2) is 7.92. The van der Waals surface area contributed by atoms with Crippen molar-refractivity contribution in [3.8, 4) is 0 Å². The first-order valence-electron chi connectivity index (χ1n) is 8.18. The zero-order valence-corrected chi connectivity index (χ0v) is 13.5. The van der Waals surface area contributed by atoms with Crippen molar-refractivity contribution < 1.29 is 4.74 Å². The molecule has 0 radical (unpaired) electrons. The molecule has 0 bridgehead atoms. The molecule has 1 aliphatic rings. The lowest BCUT2D eigenvalue weighted by atomic mass is 10.1. The van der Waals surface area contributed by atoms with Gasteiger partial charge in [-0.15, -0.1) is 0 Å². The third-order valence-corrected chi connectivity index (χ3v) is 3.83. The van der Waals surface area contributed by atoms with Crippen LogP contribution in [0, 0.1) is 5.92 Å². The molecule has 7 heteroatoms. The molecule has 2 aromatic heterocycles. The molecule has 3 rings (SSSR count). The van der Waals surface area contributed by atoms with E-state index in [9.17, 15) is 0 Å². The highest BCUT2D eigenvalue weighted by atomic mass is 16.5. The molecule has 0 saturated carbocycles. The number of hydrogen-bond acceptors (Lipinski definition) is 6. The van der Waals surface area contributed by atoms with Gasteiger partial charge < -0.3 is 15.4 Å². The first-order chi connectivity index (χ1) is 11.3. The Morgan fingerprint density at radius 1 is 1.43 bits per heavy atom. The molecule has 2 atom stereocenters. The Hall–Kier alpha value is -2.15. The summed E-state index contributed by atoms with van der Waals surface area (Å²) >= 11 is 0. The van der Waals surface area contributed by atoms with Crippen molar-refractivity contribution in [1.82, 2.24) is 19.7 Å². The van der Waals surface area contributed by atoms with Gasteiger partial charge in [0.1, 0.15) is 5.82 Å². The molecule has 1 saturated heterocycles. The van der Waals surface area contributed by atoms with Gasteiger partial charge >= 0.3 is 0 Å². The molecule has 1 fully saturated rings. The Kier molecular flexibility index (Phi) is 5.42. The van der Waals surface area contributed by atoms with E-state index in [0.29, 0.717) is 17.9 Å². The van der Waals surface area contributed by atoms with Gasteiger partial charge in [0.2, 0.25) is 5.95 Å². The fraction of sp³-hybridized carbons (Fsp3) is 0.562. The minimum Gasteiger partial charge on any atom is -0.379 e. The summed E-state index contributed by atoms with van der Waals surface area (Å²) in [5.41, 5.74) is 0. The largest absolute Gasteiger partial charge is 0.379 e. The fourth-order valence-electron chi connectivity index (χ4n) is 2.65. The Labute approximate surface area is 136 Å². The van der Waals surface area contributed by atoms with Gasteiger partial charge in [-0.1, -0.05) is 6.92 Å². The molecule has 1 aliphatic heterocycles. The zero-order chi connectivity index (χ0) is 15.9. The number of nitrogens with one attached hydrogen (secondary N) is 2. The molecule has 0 aromatic carbocycles. The molecule has 7 nitrogen and oxygen atoms in total. The van der Waals surface area contributed by atoms with E-state index < -0.39 is 0 Å². The predicted octanol–water partition coefficient (Wildman–Crippen LogP) is 2.01. The highest BCUT2D eigenvalue weighted by Gasteiger charge is 2.14. The average Bonchev–Trinajstić information content (AvgIpc) is 3.07. The van der Waals surface area contributed by atoms with Crippen LogP contribution in [-0.4, -0.2) is 45.5 Å². The summed E-state index contributed by atoms with van der Waals surface area (Å²) in [4.78, 5) is 8.81. The van der Waals surface area contributed by atoms with Crippen LogP contribution in [0.1, 0.15) is 19.8 Å². The summed E-state index contributed by atoms with van der Waals surface area (Å²) in [7, 11) is 0. The van der Waals surface area contributed by atoms with Crippen LogP contribution in [0.5, 0.6) is 0 Å². The fourth-order valence-corrected chi connectivity index (χ4v) is 2.65. The first-order valence-corrected chi connectivity index (χ1v) is 8.18. The molecule has 0 spiro atoms. The van der Waals surface area contributed by atoms with E-state index in [1.165, 1.54) is 0 Å². The number of aromatic nitrogens is 4. The Morgan fingerprint density at radius 2 is 2.39 bits per heavy atom. The van der Waals surface area contributed by atoms with Crippen molar-refractivity contribution in [3.63, 3.8) is 0 Å². The third kappa shape index (κ3) is 4.92. The number of hydrogen-bond donors (Lipinski definition) is 2. The summed E-state index contributed by atoms with van der Waals surface area (Å²) in [6.07, 6.45) is 7.77. The Morgan fingerprint density at radius 3 is 3.17 bits per heavy atom. The molecule has 124 valence electrons. The van der Waals surface area contributed by atoms with Crippen molar-refractivity contribution >= 4 is 11.8 Å². The van der Waals surface area contributed by atoms with Crippen LogP contribution >= 0.6 is 0 Å². The number of rotatable bonds is 7. The normalized spacial score (nSPS) is 19.3. The van der Waals surface area contributed by atoms with Gasteiger partial charge in [0.25, 0.3) is 0 Å². The molecule has 0 aliphatic carbocycles. The molecule has 0 unspecified atom stereocenters. The van der Waals surface area contributed by atoms with Crippen LogP contribution < -0.4 is 10.6 Å². The summed E-state index contributed by atoms with van der Waals surface area (Å²) < 4.78 is 7.42. The van der Waals surface area contributed by atoms with E-state index in [0.717, 1.165) is 45.0 Å². The lowest BCUT2D eigenvalue weighted by Gasteiger charge is -2.23. The van der Waals surface area contributed by atoms with E-state index in [2.05, 4.69) is 32.6 Å². The summed E-state index contributed by atoms with van der Waals surface area (Å²) in [5, 5.41) is 10.9. The van der Waals surface area contributed by atoms with Gasteiger partial charge in [-0.2, -0.15) is 10.1 Å². The molecule has 23 heavy (non-hydrogen) atoms. The highest BCUT2D eigenvalue weighted by molar-refractivity contribution is 5.40. The van der Waals surface area contributed by atoms with Gasteiger partial charge in [-0.25, -0.2) is 4.98 Å². The van der Waals surface area contributed by atoms with Gasteiger partial charge in [0, 0.05) is 38.3 Å². The van der Waals surface area contributed by atoms with Crippen molar-refractivity contribution in [2.75, 3.05) is 30.4 Å². The molecule has 2 aromatic rings. The van der Waals surface area contributed by atoms with E-state index in [1.807, 2.05) is 23.0 Å². The van der Waals surface area contributed by atoms with Crippen molar-refractivity contribution in [1.29, 1.82) is 0 Å². The summed E-state index contributed by atoms with van der Waals surface area (Å²) in [5.74, 6) is 1.93. The second-order valence-corrected chi connectivity index (χ2v) is 6.04. The van der Waals surface area contributed by atoms with Crippen molar-refractivity contribution in [2.45, 2.75) is 32.4 Å². The van der Waals surface area contributed by atoms with Crippen LogP contribution in [0.3, 0.4) is 0 Å². The third-order valence-electron chi connectivity index (χ3n) is 3.83. The smallest absolute Gasteiger partial charge is 0.224 e. The molecule has 3 heterocycles. The number of ether oxygens (including phenoxy) is 1. The van der Waals surface area contributed by atoms with E-state index in [-0.39, 0.29) is 0 Å². The molecular formula is C16H24N6O. The Balaban J connectivity index is 1.48. The van der Waals surface area contributed by atoms with Crippen molar-refractivity contribution in [3.05, 3.63) is 30.7 Å². The lowest BCUT2D eigenvalue weighted by Crippen LogP contribution is -2.30. The average molecular weight is 316 g/mol. The van der Waals surface area contributed by atoms with Gasteiger partial charge in [0.05, 0.1) is 12.6 Å². The second-order valence-electron chi connectivity index (χ2n) is 6.04. The van der Waals surface area contributed by atoms with Gasteiger partial charge in [-0.05, 0) is 30.9 Å². The maximum atomic E-state index is 5.48. The highest BCUT2D eigenvalue weighted by Crippen LogP contribution is 2.13. The first kappa shape index (κ1) is 15.7. The quantitative estimate of drug-likeness (QED) is 0.814. The van der Waals surface area contributed by atoms with Gasteiger partial charge in [0.15, 0.2) is 0 Å².